The molecule has 0 saturated carbocycles. The van der Waals surface area contributed by atoms with Crippen LogP contribution in [0, 0.1) is 13.8 Å². The monoisotopic (exact) mass is 353 g/mol. The number of amides is 1. The highest BCUT2D eigenvalue weighted by Crippen LogP contribution is 2.19. The molecule has 2 rings (SSSR count). The minimum Gasteiger partial charge on any atom is -0.452 e. The summed E-state index contributed by atoms with van der Waals surface area (Å²) in [6.45, 7) is 7.01. The van der Waals surface area contributed by atoms with E-state index in [1.807, 2.05) is 39.8 Å². The third kappa shape index (κ3) is 4.79. The van der Waals surface area contributed by atoms with Crippen LogP contribution in [0.25, 0.3) is 0 Å². The first-order chi connectivity index (χ1) is 12.3. The summed E-state index contributed by atoms with van der Waals surface area (Å²) in [6, 6.07) is 12.0. The van der Waals surface area contributed by atoms with Crippen LogP contribution in [0.2, 0.25) is 0 Å². The van der Waals surface area contributed by atoms with E-state index in [2.05, 4.69) is 5.32 Å². The van der Waals surface area contributed by atoms with E-state index in [0.717, 1.165) is 11.1 Å². The van der Waals surface area contributed by atoms with Gasteiger partial charge in [0, 0.05) is 17.2 Å². The van der Waals surface area contributed by atoms with Gasteiger partial charge in [0.1, 0.15) is 0 Å². The molecule has 5 heteroatoms. The fourth-order valence-corrected chi connectivity index (χ4v) is 2.56. The number of benzene rings is 2. The number of carbonyl (C=O) groups excluding carboxylic acids is 3. The largest absolute Gasteiger partial charge is 0.452 e. The maximum Gasteiger partial charge on any atom is 0.339 e. The molecule has 0 bridgehead atoms. The molecular weight excluding hydrogens is 330 g/mol. The zero-order chi connectivity index (χ0) is 19.3. The van der Waals surface area contributed by atoms with Gasteiger partial charge in [-0.2, -0.15) is 0 Å². The molecule has 0 atom stereocenters. The van der Waals surface area contributed by atoms with Crippen molar-refractivity contribution in [3.8, 4) is 0 Å². The van der Waals surface area contributed by atoms with E-state index in [1.54, 1.807) is 24.3 Å². The summed E-state index contributed by atoms with van der Waals surface area (Å²) >= 11 is 0. The summed E-state index contributed by atoms with van der Waals surface area (Å²) in [5, 5.41) is 2.64. The molecule has 0 spiro atoms. The summed E-state index contributed by atoms with van der Waals surface area (Å²) in [4.78, 5) is 37.0. The van der Waals surface area contributed by atoms with Crippen molar-refractivity contribution in [1.82, 2.24) is 5.32 Å². The Morgan fingerprint density at radius 2 is 1.62 bits per heavy atom. The Morgan fingerprint density at radius 3 is 2.27 bits per heavy atom. The standard InChI is InChI=1S/C21H23NO4/c1-13(2)22-19(23)12-26-21(25)17-8-6-5-7-16(17)20(24)18-11-14(3)9-10-15(18)4/h5-11,13H,12H2,1-4H3,(H,22,23). The van der Waals surface area contributed by atoms with Crippen molar-refractivity contribution in [2.45, 2.75) is 33.7 Å². The maximum absolute atomic E-state index is 12.9. The molecule has 0 aromatic heterocycles. The number of ketones is 1. The van der Waals surface area contributed by atoms with Crippen LogP contribution in [0.15, 0.2) is 42.5 Å². The van der Waals surface area contributed by atoms with E-state index in [0.29, 0.717) is 5.56 Å². The minimum absolute atomic E-state index is 0.0423. The lowest BCUT2D eigenvalue weighted by Gasteiger charge is -2.12. The molecular formula is C21H23NO4. The first kappa shape index (κ1) is 19.4. The molecule has 0 radical (unpaired) electrons. The van der Waals surface area contributed by atoms with Gasteiger partial charge in [0.2, 0.25) is 0 Å². The molecule has 0 aliphatic heterocycles. The van der Waals surface area contributed by atoms with Crippen LogP contribution < -0.4 is 5.32 Å². The smallest absolute Gasteiger partial charge is 0.339 e. The lowest BCUT2D eigenvalue weighted by molar-refractivity contribution is -0.124. The van der Waals surface area contributed by atoms with Crippen LogP contribution in [0.1, 0.15) is 51.3 Å². The van der Waals surface area contributed by atoms with Crippen molar-refractivity contribution < 1.29 is 19.1 Å². The number of ether oxygens (including phenoxy) is 1. The first-order valence-electron chi connectivity index (χ1n) is 8.47. The van der Waals surface area contributed by atoms with E-state index < -0.39 is 5.97 Å². The van der Waals surface area contributed by atoms with E-state index in [4.69, 9.17) is 4.74 Å². The summed E-state index contributed by atoms with van der Waals surface area (Å²) in [6.07, 6.45) is 0. The molecule has 1 N–H and O–H groups in total. The average Bonchev–Trinajstić information content (AvgIpc) is 2.60. The molecule has 0 aliphatic rings. The van der Waals surface area contributed by atoms with Crippen LogP contribution in [-0.4, -0.2) is 30.3 Å². The van der Waals surface area contributed by atoms with E-state index >= 15 is 0 Å². The Balaban J connectivity index is 2.24. The third-order valence-corrected chi connectivity index (χ3v) is 3.81. The molecule has 26 heavy (non-hydrogen) atoms. The molecule has 0 fully saturated rings. The predicted octanol–water partition coefficient (Wildman–Crippen LogP) is 3.22. The second-order valence-electron chi connectivity index (χ2n) is 6.49. The van der Waals surface area contributed by atoms with Gasteiger partial charge in [-0.15, -0.1) is 0 Å². The molecule has 0 unspecified atom stereocenters. The number of nitrogens with one attached hydrogen (secondary N) is 1. The van der Waals surface area contributed by atoms with Crippen molar-refractivity contribution in [2.75, 3.05) is 6.61 Å². The Hall–Kier alpha value is -2.95. The predicted molar refractivity (Wildman–Crippen MR) is 99.4 cm³/mol. The molecule has 0 heterocycles. The average molecular weight is 353 g/mol. The minimum atomic E-state index is -0.696. The number of hydrogen-bond acceptors (Lipinski definition) is 4. The molecule has 1 amide bonds. The van der Waals surface area contributed by atoms with Gasteiger partial charge in [0.15, 0.2) is 12.4 Å². The van der Waals surface area contributed by atoms with Crippen molar-refractivity contribution >= 4 is 17.7 Å². The van der Waals surface area contributed by atoms with Gasteiger partial charge in [-0.1, -0.05) is 35.9 Å². The van der Waals surface area contributed by atoms with Crippen molar-refractivity contribution in [1.29, 1.82) is 0 Å². The van der Waals surface area contributed by atoms with Gasteiger partial charge in [-0.3, -0.25) is 9.59 Å². The fraction of sp³-hybridized carbons (Fsp3) is 0.286. The molecule has 2 aromatic carbocycles. The van der Waals surface area contributed by atoms with Gasteiger partial charge >= 0.3 is 5.97 Å². The van der Waals surface area contributed by atoms with Gasteiger partial charge in [-0.25, -0.2) is 4.79 Å². The summed E-state index contributed by atoms with van der Waals surface area (Å²) < 4.78 is 5.07. The zero-order valence-corrected chi connectivity index (χ0v) is 15.5. The second-order valence-corrected chi connectivity index (χ2v) is 6.49. The fourth-order valence-electron chi connectivity index (χ4n) is 2.56. The van der Waals surface area contributed by atoms with E-state index in [1.165, 1.54) is 6.07 Å². The number of carbonyl (C=O) groups is 3. The summed E-state index contributed by atoms with van der Waals surface area (Å²) in [5.74, 6) is -1.32. The van der Waals surface area contributed by atoms with E-state index in [9.17, 15) is 14.4 Å². The Labute approximate surface area is 153 Å². The molecule has 5 nitrogen and oxygen atoms in total. The molecule has 2 aromatic rings. The van der Waals surface area contributed by atoms with E-state index in [-0.39, 0.29) is 35.5 Å². The lowest BCUT2D eigenvalue weighted by atomic mass is 9.94. The van der Waals surface area contributed by atoms with Crippen LogP contribution in [0.4, 0.5) is 0 Å². The first-order valence-corrected chi connectivity index (χ1v) is 8.47. The maximum atomic E-state index is 12.9. The summed E-state index contributed by atoms with van der Waals surface area (Å²) in [5.41, 5.74) is 2.75. The molecule has 0 aliphatic carbocycles. The number of rotatable bonds is 6. The SMILES string of the molecule is Cc1ccc(C)c(C(=O)c2ccccc2C(=O)OCC(=O)NC(C)C)c1. The summed E-state index contributed by atoms with van der Waals surface area (Å²) in [7, 11) is 0. The topological polar surface area (TPSA) is 72.5 Å². The molecule has 0 saturated heterocycles. The number of esters is 1. The van der Waals surface area contributed by atoms with Crippen LogP contribution in [-0.2, 0) is 9.53 Å². The van der Waals surface area contributed by atoms with Crippen molar-refractivity contribution in [3.05, 3.63) is 70.3 Å². The quantitative estimate of drug-likeness (QED) is 0.639. The van der Waals surface area contributed by atoms with Crippen LogP contribution >= 0.6 is 0 Å². The molecule has 136 valence electrons. The highest BCUT2D eigenvalue weighted by molar-refractivity contribution is 6.15. The van der Waals surface area contributed by atoms with Crippen molar-refractivity contribution in [2.24, 2.45) is 0 Å². The van der Waals surface area contributed by atoms with Gasteiger partial charge in [0.25, 0.3) is 5.91 Å². The highest BCUT2D eigenvalue weighted by Gasteiger charge is 2.21. The second kappa shape index (κ2) is 8.43. The normalized spacial score (nSPS) is 10.5. The zero-order valence-electron chi connectivity index (χ0n) is 15.5. The Kier molecular flexibility index (Phi) is 6.28. The number of aryl methyl sites for hydroxylation is 2. The van der Waals surface area contributed by atoms with Gasteiger partial charge in [0.05, 0.1) is 5.56 Å². The van der Waals surface area contributed by atoms with Gasteiger partial charge < -0.3 is 10.1 Å². The van der Waals surface area contributed by atoms with Crippen LogP contribution in [0.5, 0.6) is 0 Å². The van der Waals surface area contributed by atoms with Gasteiger partial charge in [-0.05, 0) is 45.4 Å². The highest BCUT2D eigenvalue weighted by atomic mass is 16.5. The Bertz CT molecular complexity index is 840. The third-order valence-electron chi connectivity index (χ3n) is 3.81. The Morgan fingerprint density at radius 1 is 0.962 bits per heavy atom. The van der Waals surface area contributed by atoms with Crippen LogP contribution in [0.3, 0.4) is 0 Å². The number of hydrogen-bond donors (Lipinski definition) is 1. The van der Waals surface area contributed by atoms with Crippen molar-refractivity contribution in [3.63, 3.8) is 0 Å². The lowest BCUT2D eigenvalue weighted by Crippen LogP contribution is -2.34.